The molecule has 8 aromatic rings. The van der Waals surface area contributed by atoms with Crippen LogP contribution in [-0.4, -0.2) is 0 Å². The van der Waals surface area contributed by atoms with Gasteiger partial charge >= 0.3 is 0 Å². The zero-order valence-corrected chi connectivity index (χ0v) is 38.7. The lowest BCUT2D eigenvalue weighted by atomic mass is 9.67. The zero-order chi connectivity index (χ0) is 44.3. The molecule has 0 heterocycles. The van der Waals surface area contributed by atoms with Gasteiger partial charge < -0.3 is 9.80 Å². The number of hydrogen-bond donors (Lipinski definition) is 0. The first-order chi connectivity index (χ1) is 30.1. The summed E-state index contributed by atoms with van der Waals surface area (Å²) in [5.41, 5.74) is 21.4. The number of rotatable bonds is 8. The molecule has 0 aliphatic heterocycles. The molecule has 1 aliphatic rings. The summed E-state index contributed by atoms with van der Waals surface area (Å²) in [4.78, 5) is 4.85. The van der Waals surface area contributed by atoms with Crippen LogP contribution in [0.15, 0.2) is 182 Å². The highest BCUT2D eigenvalue weighted by Crippen LogP contribution is 2.58. The van der Waals surface area contributed by atoms with Gasteiger partial charge in [0.1, 0.15) is 0 Å². The molecular weight excluding hydrogens is 761 g/mol. The molecule has 0 amide bonds. The van der Waals surface area contributed by atoms with Crippen LogP contribution in [0.3, 0.4) is 0 Å². The van der Waals surface area contributed by atoms with E-state index in [1.54, 1.807) is 0 Å². The Labute approximate surface area is 376 Å². The number of benzene rings is 8. The summed E-state index contributed by atoms with van der Waals surface area (Å²) >= 11 is 0. The molecule has 8 aromatic carbocycles. The Bertz CT molecular complexity index is 2680. The van der Waals surface area contributed by atoms with E-state index in [1.807, 2.05) is 0 Å². The Kier molecular flexibility index (Phi) is 10.5. The van der Waals surface area contributed by atoms with E-state index in [9.17, 15) is 0 Å². The number of hydrogen-bond acceptors (Lipinski definition) is 2. The normalized spacial score (nSPS) is 13.0. The van der Waals surface area contributed by atoms with Crippen molar-refractivity contribution in [1.29, 1.82) is 0 Å². The predicted molar refractivity (Wildman–Crippen MR) is 269 cm³/mol. The summed E-state index contributed by atoms with van der Waals surface area (Å²) < 4.78 is 0. The predicted octanol–water partition coefficient (Wildman–Crippen LogP) is 16.8. The first kappa shape index (κ1) is 41.7. The maximum atomic E-state index is 2.48. The van der Waals surface area contributed by atoms with Crippen LogP contribution in [0.25, 0.3) is 11.1 Å². The molecule has 2 heteroatoms. The molecular formula is C61H60N2. The van der Waals surface area contributed by atoms with Gasteiger partial charge in [0.2, 0.25) is 0 Å². The fourth-order valence-corrected chi connectivity index (χ4v) is 9.48. The monoisotopic (exact) mass is 820 g/mol. The van der Waals surface area contributed by atoms with E-state index in [1.165, 1.54) is 66.8 Å². The van der Waals surface area contributed by atoms with Crippen LogP contribution in [-0.2, 0) is 16.2 Å². The standard InChI is InChI=1S/C61H60N2/c1-41-11-19-47(20-12-41)61(48-21-13-42(2)14-22-48)57-39-53(62(49-27-15-43(3)16-28-49)51-31-23-45(24-32-51)59(5,6)7)35-37-55(57)56-38-36-54(40-58(56)61)63(50-29-17-44(4)18-30-50)52-33-25-46(26-34-52)60(8,9)10/h11-40H,1-10H3. The van der Waals surface area contributed by atoms with Gasteiger partial charge in [-0.15, -0.1) is 0 Å². The van der Waals surface area contributed by atoms with Gasteiger partial charge in [0.15, 0.2) is 0 Å². The molecule has 0 fully saturated rings. The molecule has 314 valence electrons. The van der Waals surface area contributed by atoms with Gasteiger partial charge in [0.05, 0.1) is 5.41 Å². The van der Waals surface area contributed by atoms with Crippen LogP contribution in [0.4, 0.5) is 34.1 Å². The summed E-state index contributed by atoms with van der Waals surface area (Å²) in [5.74, 6) is 0. The van der Waals surface area contributed by atoms with E-state index < -0.39 is 5.41 Å². The minimum atomic E-state index is -0.623. The Hall–Kier alpha value is -6.64. The molecule has 0 atom stereocenters. The maximum Gasteiger partial charge on any atom is 0.0715 e. The van der Waals surface area contributed by atoms with Gasteiger partial charge in [-0.05, 0) is 156 Å². The van der Waals surface area contributed by atoms with E-state index in [0.717, 1.165) is 34.1 Å². The van der Waals surface area contributed by atoms with Crippen molar-refractivity contribution in [2.75, 3.05) is 9.80 Å². The Morgan fingerprint density at radius 1 is 0.302 bits per heavy atom. The minimum Gasteiger partial charge on any atom is -0.310 e. The first-order valence-corrected chi connectivity index (χ1v) is 22.5. The van der Waals surface area contributed by atoms with Gasteiger partial charge in [-0.1, -0.05) is 173 Å². The van der Waals surface area contributed by atoms with E-state index in [0.29, 0.717) is 0 Å². The van der Waals surface area contributed by atoms with Gasteiger partial charge in [-0.2, -0.15) is 0 Å². The summed E-state index contributed by atoms with van der Waals surface area (Å²) in [5, 5.41) is 0. The zero-order valence-electron chi connectivity index (χ0n) is 38.7. The molecule has 0 spiro atoms. The van der Waals surface area contributed by atoms with Gasteiger partial charge in [0.25, 0.3) is 0 Å². The van der Waals surface area contributed by atoms with E-state index >= 15 is 0 Å². The van der Waals surface area contributed by atoms with Gasteiger partial charge in [-0.25, -0.2) is 0 Å². The van der Waals surface area contributed by atoms with Crippen molar-refractivity contribution in [3.63, 3.8) is 0 Å². The maximum absolute atomic E-state index is 2.48. The lowest BCUT2D eigenvalue weighted by Gasteiger charge is -2.36. The molecule has 2 nitrogen and oxygen atoms in total. The number of nitrogens with zero attached hydrogens (tertiary/aromatic N) is 2. The van der Waals surface area contributed by atoms with Crippen LogP contribution >= 0.6 is 0 Å². The molecule has 0 bridgehead atoms. The highest BCUT2D eigenvalue weighted by Gasteiger charge is 2.47. The van der Waals surface area contributed by atoms with E-state index in [-0.39, 0.29) is 10.8 Å². The third kappa shape index (κ3) is 7.67. The van der Waals surface area contributed by atoms with E-state index in [2.05, 4.69) is 261 Å². The summed E-state index contributed by atoms with van der Waals surface area (Å²) in [7, 11) is 0. The second kappa shape index (κ2) is 15.9. The number of aryl methyl sites for hydroxylation is 4. The smallest absolute Gasteiger partial charge is 0.0715 e. The highest BCUT2D eigenvalue weighted by atomic mass is 15.1. The Morgan fingerprint density at radius 3 is 0.841 bits per heavy atom. The number of anilines is 6. The largest absolute Gasteiger partial charge is 0.310 e. The van der Waals surface area contributed by atoms with Gasteiger partial charge in [0, 0.05) is 34.1 Å². The molecule has 0 radical (unpaired) electrons. The second-order valence-corrected chi connectivity index (χ2v) is 19.9. The first-order valence-electron chi connectivity index (χ1n) is 22.5. The second-order valence-electron chi connectivity index (χ2n) is 19.9. The van der Waals surface area contributed by atoms with Crippen molar-refractivity contribution in [2.24, 2.45) is 0 Å². The van der Waals surface area contributed by atoms with Crippen LogP contribution < -0.4 is 9.80 Å². The Balaban J connectivity index is 1.31. The molecule has 0 saturated carbocycles. The fraction of sp³-hybridized carbons (Fsp3) is 0.213. The fourth-order valence-electron chi connectivity index (χ4n) is 9.48. The summed E-state index contributed by atoms with van der Waals surface area (Å²) in [6.45, 7) is 22.4. The van der Waals surface area contributed by atoms with Gasteiger partial charge in [-0.3, -0.25) is 0 Å². The van der Waals surface area contributed by atoms with E-state index in [4.69, 9.17) is 0 Å². The topological polar surface area (TPSA) is 6.48 Å². The van der Waals surface area contributed by atoms with Crippen molar-refractivity contribution in [1.82, 2.24) is 0 Å². The van der Waals surface area contributed by atoms with Crippen molar-refractivity contribution >= 4 is 34.1 Å². The van der Waals surface area contributed by atoms with Crippen molar-refractivity contribution < 1.29 is 0 Å². The average molecular weight is 821 g/mol. The van der Waals surface area contributed by atoms with Crippen molar-refractivity contribution in [2.45, 2.75) is 85.5 Å². The lowest BCUT2D eigenvalue weighted by molar-refractivity contribution is 0.590. The SMILES string of the molecule is Cc1ccc(N(c2ccc(C(C)(C)C)cc2)c2ccc3c(c2)C(c2ccc(C)cc2)(c2ccc(C)cc2)c2cc(N(c4ccc(C)cc4)c4ccc(C(C)(C)C)cc4)ccc2-3)cc1. The van der Waals surface area contributed by atoms with Crippen molar-refractivity contribution in [3.05, 3.63) is 238 Å². The molecule has 0 saturated heterocycles. The Morgan fingerprint density at radius 2 is 0.556 bits per heavy atom. The molecule has 0 aromatic heterocycles. The van der Waals surface area contributed by atoms with Crippen molar-refractivity contribution in [3.8, 4) is 11.1 Å². The lowest BCUT2D eigenvalue weighted by Crippen LogP contribution is -2.29. The minimum absolute atomic E-state index is 0.0536. The highest BCUT2D eigenvalue weighted by molar-refractivity contribution is 5.92. The molecule has 9 rings (SSSR count). The number of fused-ring (bicyclic) bond motifs is 3. The van der Waals surface area contributed by atoms with Crippen LogP contribution in [0.2, 0.25) is 0 Å². The average Bonchev–Trinajstić information content (AvgIpc) is 3.55. The molecule has 63 heavy (non-hydrogen) atoms. The third-order valence-corrected chi connectivity index (χ3v) is 13.2. The van der Waals surface area contributed by atoms with Crippen LogP contribution in [0.5, 0.6) is 0 Å². The third-order valence-electron chi connectivity index (χ3n) is 13.2. The summed E-state index contributed by atoms with van der Waals surface area (Å²) in [6, 6.07) is 69.1. The molecule has 0 N–H and O–H groups in total. The quantitative estimate of drug-likeness (QED) is 0.151. The molecule has 1 aliphatic carbocycles. The van der Waals surface area contributed by atoms with Crippen LogP contribution in [0, 0.1) is 27.7 Å². The van der Waals surface area contributed by atoms with Crippen LogP contribution in [0.1, 0.15) is 97.2 Å². The molecule has 0 unspecified atom stereocenters. The summed E-state index contributed by atoms with van der Waals surface area (Å²) in [6.07, 6.45) is 0.